The van der Waals surface area contributed by atoms with Gasteiger partial charge in [-0.1, -0.05) is 5.16 Å². The second-order valence-electron chi connectivity index (χ2n) is 5.77. The number of hydrogen-bond acceptors (Lipinski definition) is 7. The molecule has 0 radical (unpaired) electrons. The van der Waals surface area contributed by atoms with Gasteiger partial charge in [-0.05, 0) is 13.8 Å². The Morgan fingerprint density at radius 2 is 1.96 bits per heavy atom. The number of hydrogen-bond donors (Lipinski definition) is 0. The van der Waals surface area contributed by atoms with Gasteiger partial charge in [-0.25, -0.2) is 4.98 Å². The summed E-state index contributed by atoms with van der Waals surface area (Å²) in [6.07, 6.45) is 4.96. The van der Waals surface area contributed by atoms with Crippen molar-refractivity contribution in [3.05, 3.63) is 35.7 Å². The van der Waals surface area contributed by atoms with E-state index in [4.69, 9.17) is 4.52 Å². The normalized spacial score (nSPS) is 15.2. The first-order valence-electron chi connectivity index (χ1n) is 7.76. The van der Waals surface area contributed by atoms with Crippen molar-refractivity contribution in [1.29, 1.82) is 0 Å². The Morgan fingerprint density at radius 3 is 2.67 bits per heavy atom. The maximum absolute atomic E-state index is 12.7. The summed E-state index contributed by atoms with van der Waals surface area (Å²) in [6, 6.07) is 0. The first-order valence-corrected chi connectivity index (χ1v) is 7.76. The third-order valence-electron chi connectivity index (χ3n) is 4.31. The first kappa shape index (κ1) is 14.6. The topological polar surface area (TPSA) is 92.7 Å². The van der Waals surface area contributed by atoms with Crippen LogP contribution in [0, 0.1) is 13.8 Å². The molecule has 1 saturated heterocycles. The molecule has 4 rings (SSSR count). The Balaban J connectivity index is 1.51. The summed E-state index contributed by atoms with van der Waals surface area (Å²) in [4.78, 5) is 25.0. The Bertz CT molecular complexity index is 873. The van der Waals surface area contributed by atoms with E-state index < -0.39 is 0 Å². The Hall–Kier alpha value is -2.97. The molecule has 1 aliphatic rings. The van der Waals surface area contributed by atoms with Crippen LogP contribution in [-0.4, -0.2) is 61.7 Å². The van der Waals surface area contributed by atoms with Gasteiger partial charge in [0.05, 0.1) is 18.1 Å². The van der Waals surface area contributed by atoms with Gasteiger partial charge in [-0.2, -0.15) is 9.61 Å². The summed E-state index contributed by atoms with van der Waals surface area (Å²) in [5, 5.41) is 8.10. The number of carbonyl (C=O) groups excluding carboxylic acids is 1. The van der Waals surface area contributed by atoms with E-state index >= 15 is 0 Å². The lowest BCUT2D eigenvalue weighted by Crippen LogP contribution is -2.49. The highest BCUT2D eigenvalue weighted by Crippen LogP contribution is 2.19. The Kier molecular flexibility index (Phi) is 3.40. The van der Waals surface area contributed by atoms with Crippen molar-refractivity contribution in [1.82, 2.24) is 29.6 Å². The largest absolute Gasteiger partial charge is 0.361 e. The average molecular weight is 327 g/mol. The van der Waals surface area contributed by atoms with Crippen LogP contribution in [0.15, 0.2) is 23.2 Å². The van der Waals surface area contributed by atoms with Crippen LogP contribution >= 0.6 is 0 Å². The fourth-order valence-corrected chi connectivity index (χ4v) is 3.04. The Morgan fingerprint density at radius 1 is 1.17 bits per heavy atom. The molecular weight excluding hydrogens is 310 g/mol. The van der Waals surface area contributed by atoms with Gasteiger partial charge in [0.25, 0.3) is 5.91 Å². The lowest BCUT2D eigenvalue weighted by atomic mass is 10.1. The molecule has 0 bridgehead atoms. The highest BCUT2D eigenvalue weighted by molar-refractivity contribution is 5.96. The van der Waals surface area contributed by atoms with Crippen LogP contribution in [0.25, 0.3) is 5.65 Å². The molecule has 124 valence electrons. The van der Waals surface area contributed by atoms with E-state index in [1.807, 2.05) is 4.90 Å². The van der Waals surface area contributed by atoms with Crippen LogP contribution < -0.4 is 4.90 Å². The number of fused-ring (bicyclic) bond motifs is 1. The number of rotatable bonds is 2. The summed E-state index contributed by atoms with van der Waals surface area (Å²) in [5.41, 5.74) is 1.92. The quantitative estimate of drug-likeness (QED) is 0.683. The van der Waals surface area contributed by atoms with Crippen molar-refractivity contribution >= 4 is 17.4 Å². The zero-order valence-corrected chi connectivity index (χ0v) is 13.5. The lowest BCUT2D eigenvalue weighted by Gasteiger charge is -2.35. The van der Waals surface area contributed by atoms with Crippen molar-refractivity contribution in [2.24, 2.45) is 0 Å². The van der Waals surface area contributed by atoms with Gasteiger partial charge in [0.15, 0.2) is 11.5 Å². The van der Waals surface area contributed by atoms with Crippen LogP contribution in [0.2, 0.25) is 0 Å². The monoisotopic (exact) mass is 327 g/mol. The highest BCUT2D eigenvalue weighted by atomic mass is 16.5. The molecule has 24 heavy (non-hydrogen) atoms. The summed E-state index contributed by atoms with van der Waals surface area (Å²) >= 11 is 0. The molecule has 0 atom stereocenters. The van der Waals surface area contributed by atoms with E-state index in [9.17, 15) is 4.79 Å². The van der Waals surface area contributed by atoms with Gasteiger partial charge in [-0.15, -0.1) is 0 Å². The van der Waals surface area contributed by atoms with Gasteiger partial charge >= 0.3 is 0 Å². The molecule has 1 amide bonds. The number of nitrogens with zero attached hydrogens (tertiary/aromatic N) is 7. The molecule has 0 N–H and O–H groups in total. The van der Waals surface area contributed by atoms with Crippen LogP contribution in [0.4, 0.5) is 5.82 Å². The summed E-state index contributed by atoms with van der Waals surface area (Å²) < 4.78 is 6.86. The minimum absolute atomic E-state index is 0.0250. The standard InChI is InChI=1S/C15H17N7O2/c1-10-14(11(2)24-19-10)15(23)21-5-3-20(4-6-21)13-8-16-7-12-17-9-18-22(12)13/h7-9H,3-6H2,1-2H3. The molecule has 1 aliphatic heterocycles. The van der Waals surface area contributed by atoms with Crippen LogP contribution in [0.3, 0.4) is 0 Å². The maximum Gasteiger partial charge on any atom is 0.259 e. The van der Waals surface area contributed by atoms with Crippen molar-refractivity contribution < 1.29 is 9.32 Å². The molecule has 1 fully saturated rings. The number of anilines is 1. The van der Waals surface area contributed by atoms with E-state index in [-0.39, 0.29) is 5.91 Å². The number of aryl methyl sites for hydroxylation is 2. The second kappa shape index (κ2) is 5.59. The summed E-state index contributed by atoms with van der Waals surface area (Å²) in [5.74, 6) is 1.42. The molecule has 3 aromatic rings. The van der Waals surface area contributed by atoms with E-state index in [1.54, 1.807) is 30.8 Å². The van der Waals surface area contributed by atoms with Crippen molar-refractivity contribution in [3.8, 4) is 0 Å². The lowest BCUT2D eigenvalue weighted by molar-refractivity contribution is 0.0744. The van der Waals surface area contributed by atoms with Crippen molar-refractivity contribution in [2.45, 2.75) is 13.8 Å². The first-order chi connectivity index (χ1) is 11.6. The minimum Gasteiger partial charge on any atom is -0.361 e. The van der Waals surface area contributed by atoms with Gasteiger partial charge in [-0.3, -0.25) is 9.78 Å². The third kappa shape index (κ3) is 2.29. The predicted octanol–water partition coefficient (Wildman–Crippen LogP) is 0.692. The smallest absolute Gasteiger partial charge is 0.259 e. The number of carbonyl (C=O) groups is 1. The van der Waals surface area contributed by atoms with E-state index in [0.29, 0.717) is 48.8 Å². The van der Waals surface area contributed by atoms with Gasteiger partial charge in [0.1, 0.15) is 17.7 Å². The third-order valence-corrected chi connectivity index (χ3v) is 4.31. The number of amides is 1. The van der Waals surface area contributed by atoms with Gasteiger partial charge in [0.2, 0.25) is 0 Å². The van der Waals surface area contributed by atoms with Gasteiger partial charge in [0, 0.05) is 26.2 Å². The van der Waals surface area contributed by atoms with E-state index in [1.165, 1.54) is 6.33 Å². The molecule has 0 unspecified atom stereocenters. The van der Waals surface area contributed by atoms with Crippen molar-refractivity contribution in [2.75, 3.05) is 31.1 Å². The SMILES string of the molecule is Cc1noc(C)c1C(=O)N1CCN(c2cncc3ncnn23)CC1. The predicted molar refractivity (Wildman–Crippen MR) is 84.9 cm³/mol. The van der Waals surface area contributed by atoms with Crippen LogP contribution in [0.5, 0.6) is 0 Å². The summed E-state index contributed by atoms with van der Waals surface area (Å²) in [6.45, 7) is 6.20. The molecule has 9 heteroatoms. The molecule has 4 heterocycles. The fraction of sp³-hybridized carbons (Fsp3) is 0.400. The van der Waals surface area contributed by atoms with Crippen LogP contribution in [0.1, 0.15) is 21.8 Å². The fourth-order valence-electron chi connectivity index (χ4n) is 3.04. The van der Waals surface area contributed by atoms with Gasteiger partial charge < -0.3 is 14.3 Å². The van der Waals surface area contributed by atoms with E-state index in [2.05, 4.69) is 25.1 Å². The zero-order valence-electron chi connectivity index (χ0n) is 13.5. The Labute approximate surface area is 137 Å². The molecule has 3 aromatic heterocycles. The second-order valence-corrected chi connectivity index (χ2v) is 5.77. The average Bonchev–Trinajstić information content (AvgIpc) is 3.21. The van der Waals surface area contributed by atoms with E-state index in [0.717, 1.165) is 5.82 Å². The molecule has 0 aliphatic carbocycles. The maximum atomic E-state index is 12.7. The zero-order chi connectivity index (χ0) is 16.7. The molecule has 0 saturated carbocycles. The minimum atomic E-state index is -0.0250. The van der Waals surface area contributed by atoms with Crippen molar-refractivity contribution in [3.63, 3.8) is 0 Å². The molecule has 0 spiro atoms. The number of aromatic nitrogens is 5. The summed E-state index contributed by atoms with van der Waals surface area (Å²) in [7, 11) is 0. The molecule has 0 aromatic carbocycles. The molecule has 9 nitrogen and oxygen atoms in total. The molecular formula is C15H17N7O2. The highest BCUT2D eigenvalue weighted by Gasteiger charge is 2.27. The van der Waals surface area contributed by atoms with Crippen LogP contribution in [-0.2, 0) is 0 Å². The number of piperazine rings is 1.